The third-order valence-electron chi connectivity index (χ3n) is 2.71. The molecule has 1 amide bonds. The predicted octanol–water partition coefficient (Wildman–Crippen LogP) is -0.410. The molecular weight excluding hydrogens is 246 g/mol. The molecule has 0 aromatic heterocycles. The van der Waals surface area contributed by atoms with E-state index in [2.05, 4.69) is 10.6 Å². The predicted molar refractivity (Wildman–Crippen MR) is 72.0 cm³/mol. The van der Waals surface area contributed by atoms with Gasteiger partial charge in [-0.25, -0.2) is 0 Å². The zero-order valence-corrected chi connectivity index (χ0v) is 10.8. The lowest BCUT2D eigenvalue weighted by Gasteiger charge is -2.12. The molecule has 0 saturated carbocycles. The molecule has 6 nitrogen and oxygen atoms in total. The topological polar surface area (TPSA) is 104 Å². The average Bonchev–Trinajstić information content (AvgIpc) is 2.42. The summed E-state index contributed by atoms with van der Waals surface area (Å²) >= 11 is 0. The Morgan fingerprint density at radius 2 is 2.16 bits per heavy atom. The molecule has 104 valence electrons. The van der Waals surface area contributed by atoms with Gasteiger partial charge in [0.2, 0.25) is 0 Å². The fraction of sp³-hybridized carbons (Fsp3) is 0.385. The van der Waals surface area contributed by atoms with Crippen molar-refractivity contribution in [3.8, 4) is 0 Å². The Bertz CT molecular complexity index is 449. The van der Waals surface area contributed by atoms with Crippen LogP contribution < -0.4 is 16.4 Å². The molecule has 0 aliphatic carbocycles. The number of carbonyl (C=O) groups excluding carboxylic acids is 1. The van der Waals surface area contributed by atoms with Gasteiger partial charge in [-0.05, 0) is 31.2 Å². The summed E-state index contributed by atoms with van der Waals surface area (Å²) in [6.45, 7) is 0.795. The van der Waals surface area contributed by atoms with Crippen molar-refractivity contribution in [3.05, 3.63) is 35.4 Å². The quantitative estimate of drug-likeness (QED) is 0.536. The van der Waals surface area contributed by atoms with Crippen LogP contribution in [-0.4, -0.2) is 43.2 Å². The Labute approximate surface area is 112 Å². The monoisotopic (exact) mass is 265 g/mol. The minimum Gasteiger partial charge on any atom is -0.480 e. The third-order valence-corrected chi connectivity index (χ3v) is 2.71. The van der Waals surface area contributed by atoms with Crippen molar-refractivity contribution < 1.29 is 14.7 Å². The molecule has 0 radical (unpaired) electrons. The molecule has 0 unspecified atom stereocenters. The average molecular weight is 265 g/mol. The van der Waals surface area contributed by atoms with Crippen LogP contribution in [0.1, 0.15) is 15.9 Å². The molecule has 1 aromatic carbocycles. The Morgan fingerprint density at radius 3 is 2.74 bits per heavy atom. The van der Waals surface area contributed by atoms with Crippen molar-refractivity contribution in [3.63, 3.8) is 0 Å². The molecule has 0 aliphatic heterocycles. The molecular formula is C13H19N3O3. The highest BCUT2D eigenvalue weighted by atomic mass is 16.4. The van der Waals surface area contributed by atoms with Gasteiger partial charge in [0.15, 0.2) is 0 Å². The summed E-state index contributed by atoms with van der Waals surface area (Å²) in [6.07, 6.45) is 0.323. The summed E-state index contributed by atoms with van der Waals surface area (Å²) in [4.78, 5) is 22.7. The van der Waals surface area contributed by atoms with Gasteiger partial charge < -0.3 is 21.5 Å². The Kier molecular flexibility index (Phi) is 5.98. The number of amides is 1. The van der Waals surface area contributed by atoms with Crippen molar-refractivity contribution in [1.82, 2.24) is 10.6 Å². The Balaban J connectivity index is 2.76. The van der Waals surface area contributed by atoms with Crippen LogP contribution in [0, 0.1) is 0 Å². The van der Waals surface area contributed by atoms with Crippen LogP contribution in [0.15, 0.2) is 24.3 Å². The second kappa shape index (κ2) is 7.50. The van der Waals surface area contributed by atoms with Gasteiger partial charge in [0.25, 0.3) is 5.91 Å². The molecule has 19 heavy (non-hydrogen) atoms. The number of benzene rings is 1. The summed E-state index contributed by atoms with van der Waals surface area (Å²) in [7, 11) is 1.59. The largest absolute Gasteiger partial charge is 0.480 e. The van der Waals surface area contributed by atoms with Crippen molar-refractivity contribution in [1.29, 1.82) is 0 Å². The van der Waals surface area contributed by atoms with E-state index in [1.54, 1.807) is 31.3 Å². The number of hydrogen-bond acceptors (Lipinski definition) is 4. The van der Waals surface area contributed by atoms with Gasteiger partial charge in [0.05, 0.1) is 0 Å². The van der Waals surface area contributed by atoms with Gasteiger partial charge in [-0.1, -0.05) is 12.1 Å². The van der Waals surface area contributed by atoms with Gasteiger partial charge in [-0.2, -0.15) is 0 Å². The molecule has 1 atom stereocenters. The maximum absolute atomic E-state index is 11.7. The van der Waals surface area contributed by atoms with Crippen LogP contribution in [0.5, 0.6) is 0 Å². The van der Waals surface area contributed by atoms with E-state index in [-0.39, 0.29) is 5.91 Å². The van der Waals surface area contributed by atoms with E-state index in [0.29, 0.717) is 25.1 Å². The van der Waals surface area contributed by atoms with E-state index >= 15 is 0 Å². The van der Waals surface area contributed by atoms with Gasteiger partial charge in [-0.15, -0.1) is 0 Å². The first-order valence-corrected chi connectivity index (χ1v) is 6.05. The molecule has 0 saturated heterocycles. The number of nitrogens with one attached hydrogen (secondary N) is 2. The number of nitrogens with two attached hydrogens (primary N) is 1. The third kappa shape index (κ3) is 4.69. The fourth-order valence-electron chi connectivity index (χ4n) is 1.68. The normalized spacial score (nSPS) is 11.9. The summed E-state index contributed by atoms with van der Waals surface area (Å²) in [5.41, 5.74) is 6.61. The molecule has 0 fully saturated rings. The van der Waals surface area contributed by atoms with Crippen LogP contribution in [0.25, 0.3) is 0 Å². The van der Waals surface area contributed by atoms with Crippen LogP contribution in [0.4, 0.5) is 0 Å². The number of rotatable bonds is 7. The van der Waals surface area contributed by atoms with E-state index < -0.39 is 12.0 Å². The minimum atomic E-state index is -0.916. The van der Waals surface area contributed by atoms with Gasteiger partial charge in [-0.3, -0.25) is 9.59 Å². The number of carboxylic acids is 1. The maximum Gasteiger partial charge on any atom is 0.321 e. The lowest BCUT2D eigenvalue weighted by Crippen LogP contribution is -2.35. The van der Waals surface area contributed by atoms with E-state index in [9.17, 15) is 9.59 Å². The number of likely N-dealkylation sites (N-methyl/N-ethyl adjacent to an activating group) is 1. The Hall–Kier alpha value is -1.92. The second-order valence-electron chi connectivity index (χ2n) is 4.13. The van der Waals surface area contributed by atoms with E-state index in [0.717, 1.165) is 5.56 Å². The molecule has 0 bridgehead atoms. The molecule has 0 spiro atoms. The fourth-order valence-corrected chi connectivity index (χ4v) is 1.68. The van der Waals surface area contributed by atoms with Crippen LogP contribution in [0.3, 0.4) is 0 Å². The van der Waals surface area contributed by atoms with Gasteiger partial charge >= 0.3 is 5.97 Å². The van der Waals surface area contributed by atoms with Gasteiger partial charge in [0, 0.05) is 18.7 Å². The lowest BCUT2D eigenvalue weighted by atomic mass is 10.0. The maximum atomic E-state index is 11.7. The highest BCUT2D eigenvalue weighted by Crippen LogP contribution is 2.08. The van der Waals surface area contributed by atoms with Crippen molar-refractivity contribution in [2.24, 2.45) is 5.73 Å². The number of hydrogen-bond donors (Lipinski definition) is 4. The summed E-state index contributed by atoms with van der Waals surface area (Å²) < 4.78 is 0. The first-order chi connectivity index (χ1) is 9.08. The summed E-state index contributed by atoms with van der Waals surface area (Å²) in [5, 5.41) is 14.4. The van der Waals surface area contributed by atoms with E-state index in [1.807, 2.05) is 0 Å². The summed E-state index contributed by atoms with van der Waals surface area (Å²) in [6, 6.07) is 6.25. The molecule has 5 N–H and O–H groups in total. The standard InChI is InChI=1S/C13H19N3O3/c1-15-11(13(18)19)8-9-3-2-4-10(7-9)12(17)16-6-5-14/h2-4,7,11,15H,5-6,8,14H2,1H3,(H,16,17)(H,18,19)/t11-/m0/s1. The Morgan fingerprint density at radius 1 is 1.42 bits per heavy atom. The van der Waals surface area contributed by atoms with Crippen molar-refractivity contribution >= 4 is 11.9 Å². The van der Waals surface area contributed by atoms with E-state index in [4.69, 9.17) is 10.8 Å². The summed E-state index contributed by atoms with van der Waals surface area (Å²) in [5.74, 6) is -1.12. The minimum absolute atomic E-state index is 0.205. The SMILES string of the molecule is CN[C@@H](Cc1cccc(C(=O)NCCN)c1)C(=O)O. The number of carboxylic acid groups (broad SMARTS) is 1. The van der Waals surface area contributed by atoms with Crippen molar-refractivity contribution in [2.45, 2.75) is 12.5 Å². The first kappa shape index (κ1) is 15.1. The van der Waals surface area contributed by atoms with Gasteiger partial charge in [0.1, 0.15) is 6.04 Å². The highest BCUT2D eigenvalue weighted by molar-refractivity contribution is 5.94. The van der Waals surface area contributed by atoms with Crippen LogP contribution >= 0.6 is 0 Å². The molecule has 1 rings (SSSR count). The zero-order valence-electron chi connectivity index (χ0n) is 10.8. The number of aliphatic carboxylic acids is 1. The molecule has 0 heterocycles. The second-order valence-corrected chi connectivity index (χ2v) is 4.13. The highest BCUT2D eigenvalue weighted by Gasteiger charge is 2.16. The molecule has 0 aliphatic rings. The number of carbonyl (C=O) groups is 2. The van der Waals surface area contributed by atoms with Crippen molar-refractivity contribution in [2.75, 3.05) is 20.1 Å². The zero-order chi connectivity index (χ0) is 14.3. The molecule has 6 heteroatoms. The van der Waals surface area contributed by atoms with Crippen LogP contribution in [0.2, 0.25) is 0 Å². The lowest BCUT2D eigenvalue weighted by molar-refractivity contribution is -0.139. The van der Waals surface area contributed by atoms with Crippen LogP contribution in [-0.2, 0) is 11.2 Å². The first-order valence-electron chi connectivity index (χ1n) is 6.05. The smallest absolute Gasteiger partial charge is 0.321 e. The van der Waals surface area contributed by atoms with E-state index in [1.165, 1.54) is 0 Å². The molecule has 1 aromatic rings.